The Morgan fingerprint density at radius 3 is 2.45 bits per heavy atom. The molecule has 0 aromatic heterocycles. The van der Waals surface area contributed by atoms with Crippen molar-refractivity contribution in [3.63, 3.8) is 0 Å². The lowest BCUT2D eigenvalue weighted by atomic mass is 10.00. The fraction of sp³-hybridized carbons (Fsp3) is 0.562. The molecule has 1 heterocycles. The van der Waals surface area contributed by atoms with Gasteiger partial charge >= 0.3 is 6.09 Å². The van der Waals surface area contributed by atoms with Crippen molar-refractivity contribution in [3.05, 3.63) is 18.2 Å². The number of anilines is 1. The summed E-state index contributed by atoms with van der Waals surface area (Å²) >= 11 is 0. The van der Waals surface area contributed by atoms with E-state index in [1.807, 2.05) is 27.7 Å². The van der Waals surface area contributed by atoms with E-state index < -0.39 is 11.7 Å². The van der Waals surface area contributed by atoms with Crippen LogP contribution in [0.5, 0.6) is 11.5 Å². The lowest BCUT2D eigenvalue weighted by Crippen LogP contribution is -2.61. The molecule has 1 aromatic carbocycles. The summed E-state index contributed by atoms with van der Waals surface area (Å²) in [4.78, 5) is 11.8. The molecule has 0 radical (unpaired) electrons. The third kappa shape index (κ3) is 4.27. The lowest BCUT2D eigenvalue weighted by molar-refractivity contribution is 0.0324. The molecule has 0 saturated carbocycles. The van der Waals surface area contributed by atoms with Crippen molar-refractivity contribution in [3.8, 4) is 11.5 Å². The zero-order valence-corrected chi connectivity index (χ0v) is 13.8. The van der Waals surface area contributed by atoms with Crippen molar-refractivity contribution in [2.75, 3.05) is 25.5 Å². The molecule has 0 bridgehead atoms. The maximum atomic E-state index is 11.8. The molecule has 0 aliphatic carbocycles. The number of carbonyl (C=O) groups excluding carboxylic acids is 1. The third-order valence-electron chi connectivity index (χ3n) is 3.16. The van der Waals surface area contributed by atoms with Crippen LogP contribution in [0.3, 0.4) is 0 Å². The third-order valence-corrected chi connectivity index (χ3v) is 3.16. The molecule has 0 spiro atoms. The van der Waals surface area contributed by atoms with Crippen molar-refractivity contribution in [2.24, 2.45) is 0 Å². The highest BCUT2D eigenvalue weighted by molar-refractivity contribution is 5.85. The Balaban J connectivity index is 2.11. The Morgan fingerprint density at radius 2 is 1.95 bits per heavy atom. The number of hydrogen-bond acceptors (Lipinski definition) is 5. The minimum Gasteiger partial charge on any atom is -0.493 e. The molecule has 1 aliphatic heterocycles. The van der Waals surface area contributed by atoms with Crippen LogP contribution in [0, 0.1) is 0 Å². The van der Waals surface area contributed by atoms with Crippen LogP contribution in [0.25, 0.3) is 0 Å². The second kappa shape index (κ2) is 6.04. The summed E-state index contributed by atoms with van der Waals surface area (Å²) in [6.07, 6.45) is -0.500. The second-order valence-electron chi connectivity index (χ2n) is 6.65. The van der Waals surface area contributed by atoms with Gasteiger partial charge in [-0.2, -0.15) is 0 Å². The van der Waals surface area contributed by atoms with Gasteiger partial charge in [0.15, 0.2) is 11.5 Å². The molecule has 2 N–H and O–H groups in total. The Kier molecular flexibility index (Phi) is 4.51. The van der Waals surface area contributed by atoms with Gasteiger partial charge in [-0.15, -0.1) is 0 Å². The smallest absolute Gasteiger partial charge is 0.412 e. The zero-order chi connectivity index (χ0) is 16.4. The van der Waals surface area contributed by atoms with Crippen molar-refractivity contribution in [2.45, 2.75) is 38.9 Å². The molecule has 122 valence electrons. The Hall–Kier alpha value is -1.95. The Bertz CT molecular complexity index is 548. The second-order valence-corrected chi connectivity index (χ2v) is 6.65. The number of hydrogen-bond donors (Lipinski definition) is 2. The minimum atomic E-state index is -0.541. The van der Waals surface area contributed by atoms with Gasteiger partial charge < -0.3 is 19.5 Å². The summed E-state index contributed by atoms with van der Waals surface area (Å²) in [5, 5.41) is 5.88. The zero-order valence-electron chi connectivity index (χ0n) is 13.8. The van der Waals surface area contributed by atoms with Crippen LogP contribution in [0.2, 0.25) is 0 Å². The van der Waals surface area contributed by atoms with Crippen molar-refractivity contribution in [1.82, 2.24) is 5.32 Å². The van der Waals surface area contributed by atoms with Crippen molar-refractivity contribution >= 4 is 11.8 Å². The Morgan fingerprint density at radius 1 is 1.27 bits per heavy atom. The average Bonchev–Trinajstić information content (AvgIpc) is 2.35. The molecule has 1 fully saturated rings. The first-order valence-electron chi connectivity index (χ1n) is 7.29. The van der Waals surface area contributed by atoms with Crippen LogP contribution in [0.1, 0.15) is 27.7 Å². The van der Waals surface area contributed by atoms with E-state index in [4.69, 9.17) is 14.2 Å². The molecule has 0 unspecified atom stereocenters. The molecule has 2 rings (SSSR count). The summed E-state index contributed by atoms with van der Waals surface area (Å²) in [5.74, 6) is 1.22. The van der Waals surface area contributed by atoms with Gasteiger partial charge in [0.2, 0.25) is 0 Å². The van der Waals surface area contributed by atoms with Crippen LogP contribution in [0.15, 0.2) is 18.2 Å². The van der Waals surface area contributed by atoms with E-state index >= 15 is 0 Å². The van der Waals surface area contributed by atoms with Gasteiger partial charge in [-0.3, -0.25) is 5.32 Å². The SMILES string of the molecule is COc1ccc(NC(=O)OC(C)(C)C)cc1OC1(C)CNC1. The van der Waals surface area contributed by atoms with Gasteiger partial charge in [0.1, 0.15) is 11.2 Å². The van der Waals surface area contributed by atoms with E-state index in [-0.39, 0.29) is 5.60 Å². The molecule has 0 atom stereocenters. The van der Waals surface area contributed by atoms with E-state index in [2.05, 4.69) is 10.6 Å². The standard InChI is InChI=1S/C16H24N2O4/c1-15(2,3)22-14(19)18-11-6-7-12(20-5)13(8-11)21-16(4)9-17-10-16/h6-8,17H,9-10H2,1-5H3,(H,18,19). The van der Waals surface area contributed by atoms with E-state index in [1.165, 1.54) is 0 Å². The number of benzene rings is 1. The highest BCUT2D eigenvalue weighted by atomic mass is 16.6. The summed E-state index contributed by atoms with van der Waals surface area (Å²) in [5.41, 5.74) is -0.195. The largest absolute Gasteiger partial charge is 0.493 e. The van der Waals surface area contributed by atoms with Gasteiger partial charge in [0, 0.05) is 24.8 Å². The molecule has 6 heteroatoms. The molecule has 1 saturated heterocycles. The molecular weight excluding hydrogens is 284 g/mol. The maximum Gasteiger partial charge on any atom is 0.412 e. The van der Waals surface area contributed by atoms with E-state index in [1.54, 1.807) is 25.3 Å². The first-order valence-corrected chi connectivity index (χ1v) is 7.29. The first kappa shape index (κ1) is 16.4. The highest BCUT2D eigenvalue weighted by Gasteiger charge is 2.34. The summed E-state index contributed by atoms with van der Waals surface area (Å²) in [7, 11) is 1.59. The van der Waals surface area contributed by atoms with Gasteiger partial charge in [-0.05, 0) is 39.8 Å². The number of amides is 1. The van der Waals surface area contributed by atoms with Crippen LogP contribution >= 0.6 is 0 Å². The average molecular weight is 308 g/mol. The highest BCUT2D eigenvalue weighted by Crippen LogP contribution is 2.34. The van der Waals surface area contributed by atoms with Crippen LogP contribution in [0.4, 0.5) is 10.5 Å². The topological polar surface area (TPSA) is 68.8 Å². The molecule has 1 aromatic rings. The predicted octanol–water partition coefficient (Wildman–Crippen LogP) is 2.78. The van der Waals surface area contributed by atoms with E-state index in [0.717, 1.165) is 13.1 Å². The number of ether oxygens (including phenoxy) is 3. The van der Waals surface area contributed by atoms with Gasteiger partial charge in [-0.25, -0.2) is 4.79 Å². The van der Waals surface area contributed by atoms with Gasteiger partial charge in [-0.1, -0.05) is 0 Å². The lowest BCUT2D eigenvalue weighted by Gasteiger charge is -2.39. The van der Waals surface area contributed by atoms with Crippen molar-refractivity contribution in [1.29, 1.82) is 0 Å². The minimum absolute atomic E-state index is 0.252. The Labute approximate surface area is 131 Å². The molecular formula is C16H24N2O4. The summed E-state index contributed by atoms with van der Waals surface area (Å²) < 4.78 is 16.6. The number of methoxy groups -OCH3 is 1. The quantitative estimate of drug-likeness (QED) is 0.895. The monoisotopic (exact) mass is 308 g/mol. The molecule has 6 nitrogen and oxygen atoms in total. The number of rotatable bonds is 4. The van der Waals surface area contributed by atoms with Gasteiger partial charge in [0.05, 0.1) is 7.11 Å². The van der Waals surface area contributed by atoms with E-state index in [0.29, 0.717) is 17.2 Å². The first-order chi connectivity index (χ1) is 10.2. The number of carbonyl (C=O) groups is 1. The molecule has 22 heavy (non-hydrogen) atoms. The van der Waals surface area contributed by atoms with Crippen LogP contribution < -0.4 is 20.1 Å². The van der Waals surface area contributed by atoms with Crippen LogP contribution in [-0.4, -0.2) is 37.5 Å². The normalized spacial score (nSPS) is 16.4. The number of nitrogens with one attached hydrogen (secondary N) is 2. The van der Waals surface area contributed by atoms with Gasteiger partial charge in [0.25, 0.3) is 0 Å². The fourth-order valence-electron chi connectivity index (χ4n) is 2.07. The summed E-state index contributed by atoms with van der Waals surface area (Å²) in [6.45, 7) is 9.04. The van der Waals surface area contributed by atoms with Crippen molar-refractivity contribution < 1.29 is 19.0 Å². The van der Waals surface area contributed by atoms with Crippen LogP contribution in [-0.2, 0) is 4.74 Å². The summed E-state index contributed by atoms with van der Waals surface area (Å²) in [6, 6.07) is 5.25. The fourth-order valence-corrected chi connectivity index (χ4v) is 2.07. The predicted molar refractivity (Wildman–Crippen MR) is 84.8 cm³/mol. The van der Waals surface area contributed by atoms with E-state index in [9.17, 15) is 4.79 Å². The maximum absolute atomic E-state index is 11.8. The molecule has 1 amide bonds. The molecule has 1 aliphatic rings.